The molecule has 0 radical (unpaired) electrons. The molecule has 2 aromatic heterocycles. The number of benzene rings is 2. The van der Waals surface area contributed by atoms with Crippen LogP contribution in [0, 0.1) is 0 Å². The van der Waals surface area contributed by atoms with Crippen LogP contribution in [-0.2, 0) is 11.3 Å². The third-order valence-corrected chi connectivity index (χ3v) is 8.01. The van der Waals surface area contributed by atoms with E-state index >= 15 is 0 Å². The topological polar surface area (TPSA) is 51.3 Å². The third-order valence-electron chi connectivity index (χ3n) is 5.42. The monoisotopic (exact) mass is 517 g/mol. The Hall–Kier alpha value is -3.07. The van der Waals surface area contributed by atoms with Crippen LogP contribution in [0.25, 0.3) is 23.0 Å². The number of rotatable bonds is 8. The largest absolute Gasteiger partial charge is 0.467 e. The summed E-state index contributed by atoms with van der Waals surface area (Å²) in [6.45, 7) is 2.50. The lowest BCUT2D eigenvalue weighted by molar-refractivity contribution is -0.122. The van der Waals surface area contributed by atoms with Gasteiger partial charge >= 0.3 is 0 Å². The zero-order valence-corrected chi connectivity index (χ0v) is 21.5. The predicted molar refractivity (Wildman–Crippen MR) is 147 cm³/mol. The Kier molecular flexibility index (Phi) is 7.22. The summed E-state index contributed by atoms with van der Waals surface area (Å²) in [5.74, 6) is 1.66. The summed E-state index contributed by atoms with van der Waals surface area (Å²) in [6, 6.07) is 22.0. The van der Waals surface area contributed by atoms with Crippen molar-refractivity contribution in [3.8, 4) is 16.9 Å². The highest BCUT2D eigenvalue weighted by molar-refractivity contribution is 8.26. The summed E-state index contributed by atoms with van der Waals surface area (Å²) in [5, 5.41) is 4.89. The summed E-state index contributed by atoms with van der Waals surface area (Å²) in [4.78, 5) is 16.6. The van der Waals surface area contributed by atoms with Crippen LogP contribution in [0.4, 0.5) is 0 Å². The number of hydrogen-bond donors (Lipinski definition) is 0. The highest BCUT2D eigenvalue weighted by atomic mass is 32.2. The number of nitrogens with zero attached hydrogens (tertiary/aromatic N) is 3. The molecule has 1 fully saturated rings. The highest BCUT2D eigenvalue weighted by Crippen LogP contribution is 2.36. The molecule has 176 valence electrons. The Bertz CT molecular complexity index is 1360. The van der Waals surface area contributed by atoms with E-state index in [-0.39, 0.29) is 5.91 Å². The van der Waals surface area contributed by atoms with Crippen molar-refractivity contribution in [1.82, 2.24) is 14.7 Å². The first kappa shape index (κ1) is 23.7. The van der Waals surface area contributed by atoms with Crippen molar-refractivity contribution >= 4 is 52.0 Å². The fourth-order valence-corrected chi connectivity index (χ4v) is 5.71. The minimum Gasteiger partial charge on any atom is -0.467 e. The molecule has 0 saturated carbocycles. The highest BCUT2D eigenvalue weighted by Gasteiger charge is 2.33. The smallest absolute Gasteiger partial charge is 0.266 e. The number of para-hydroxylation sites is 1. The molecule has 5 rings (SSSR count). The van der Waals surface area contributed by atoms with Gasteiger partial charge < -0.3 is 4.42 Å². The van der Waals surface area contributed by atoms with E-state index in [1.807, 2.05) is 65.1 Å². The van der Waals surface area contributed by atoms with Crippen molar-refractivity contribution in [2.45, 2.75) is 24.8 Å². The second-order valence-electron chi connectivity index (χ2n) is 7.93. The van der Waals surface area contributed by atoms with Gasteiger partial charge in [0.05, 0.1) is 29.1 Å². The van der Waals surface area contributed by atoms with Crippen LogP contribution in [0.2, 0.25) is 0 Å². The molecular formula is C27H23N3O2S3. The van der Waals surface area contributed by atoms with Gasteiger partial charge in [0, 0.05) is 22.2 Å². The van der Waals surface area contributed by atoms with Gasteiger partial charge in [-0.1, -0.05) is 61.2 Å². The number of aromatic nitrogens is 2. The van der Waals surface area contributed by atoms with E-state index in [9.17, 15) is 4.79 Å². The standard InChI is InChI=1S/C27H23N3O2S3/c1-2-15-34-23-12-10-19(11-13-23)25-20(17-30(28-25)21-7-4-3-5-8-21)16-24-26(31)29(27(33)35-24)18-22-9-6-14-32-22/h3-14,16-17H,2,15,18H2,1H3. The van der Waals surface area contributed by atoms with Crippen molar-refractivity contribution in [3.05, 3.63) is 95.4 Å². The number of thiocarbonyl (C=S) groups is 1. The lowest BCUT2D eigenvalue weighted by Crippen LogP contribution is -2.27. The van der Waals surface area contributed by atoms with E-state index in [0.29, 0.717) is 21.5 Å². The number of carbonyl (C=O) groups is 1. The van der Waals surface area contributed by atoms with Gasteiger partial charge in [0.1, 0.15) is 10.1 Å². The molecule has 0 spiro atoms. The van der Waals surface area contributed by atoms with Gasteiger partial charge in [0.2, 0.25) is 0 Å². The molecule has 0 unspecified atom stereocenters. The molecule has 0 atom stereocenters. The first-order chi connectivity index (χ1) is 17.1. The van der Waals surface area contributed by atoms with Crippen LogP contribution in [0.5, 0.6) is 0 Å². The molecule has 35 heavy (non-hydrogen) atoms. The summed E-state index contributed by atoms with van der Waals surface area (Å²) in [7, 11) is 0. The molecule has 1 saturated heterocycles. The van der Waals surface area contributed by atoms with E-state index in [1.54, 1.807) is 17.2 Å². The Labute approximate surface area is 218 Å². The average molecular weight is 518 g/mol. The summed E-state index contributed by atoms with van der Waals surface area (Å²) in [6.07, 6.45) is 6.58. The number of carbonyl (C=O) groups excluding carboxylic acids is 1. The molecule has 0 N–H and O–H groups in total. The summed E-state index contributed by atoms with van der Waals surface area (Å²) < 4.78 is 7.78. The van der Waals surface area contributed by atoms with Crippen LogP contribution >= 0.6 is 35.7 Å². The summed E-state index contributed by atoms with van der Waals surface area (Å²) in [5.41, 5.74) is 3.63. The molecule has 0 bridgehead atoms. The van der Waals surface area contributed by atoms with Crippen LogP contribution in [0.3, 0.4) is 0 Å². The lowest BCUT2D eigenvalue weighted by Gasteiger charge is -2.11. The van der Waals surface area contributed by atoms with Gasteiger partial charge in [0.25, 0.3) is 5.91 Å². The van der Waals surface area contributed by atoms with Gasteiger partial charge in [-0.25, -0.2) is 4.68 Å². The second-order valence-corrected chi connectivity index (χ2v) is 10.8. The zero-order chi connectivity index (χ0) is 24.2. The van der Waals surface area contributed by atoms with Crippen LogP contribution < -0.4 is 0 Å². The van der Waals surface area contributed by atoms with Gasteiger partial charge in [-0.05, 0) is 54.6 Å². The second kappa shape index (κ2) is 10.7. The van der Waals surface area contributed by atoms with Gasteiger partial charge in [-0.15, -0.1) is 11.8 Å². The number of hydrogen-bond acceptors (Lipinski definition) is 6. The van der Waals surface area contributed by atoms with E-state index in [4.69, 9.17) is 21.7 Å². The van der Waals surface area contributed by atoms with Gasteiger partial charge in [-0.2, -0.15) is 5.10 Å². The third kappa shape index (κ3) is 5.29. The lowest BCUT2D eigenvalue weighted by atomic mass is 10.1. The SMILES string of the molecule is CCCSc1ccc(-c2nn(-c3ccccc3)cc2C=C2SC(=S)N(Cc3ccco3)C2=O)cc1. The molecule has 4 aromatic rings. The molecular weight excluding hydrogens is 495 g/mol. The fourth-order valence-electron chi connectivity index (χ4n) is 3.70. The van der Waals surface area contributed by atoms with E-state index in [2.05, 4.69) is 31.2 Å². The molecule has 3 heterocycles. The van der Waals surface area contributed by atoms with Crippen molar-refractivity contribution in [1.29, 1.82) is 0 Å². The molecule has 1 aliphatic heterocycles. The summed E-state index contributed by atoms with van der Waals surface area (Å²) >= 11 is 8.66. The van der Waals surface area contributed by atoms with Crippen LogP contribution in [-0.4, -0.2) is 30.7 Å². The van der Waals surface area contributed by atoms with Crippen molar-refractivity contribution < 1.29 is 9.21 Å². The Morgan fingerprint density at radius 3 is 2.60 bits per heavy atom. The number of thioether (sulfide) groups is 2. The number of furan rings is 1. The molecule has 1 aliphatic rings. The van der Waals surface area contributed by atoms with Crippen molar-refractivity contribution in [2.24, 2.45) is 0 Å². The van der Waals surface area contributed by atoms with E-state index in [0.717, 1.165) is 34.7 Å². The molecule has 0 aliphatic carbocycles. The average Bonchev–Trinajstić information content (AvgIpc) is 3.61. The van der Waals surface area contributed by atoms with Crippen LogP contribution in [0.1, 0.15) is 24.7 Å². The maximum Gasteiger partial charge on any atom is 0.266 e. The predicted octanol–water partition coefficient (Wildman–Crippen LogP) is 7.04. The van der Waals surface area contributed by atoms with E-state index in [1.165, 1.54) is 16.7 Å². The zero-order valence-electron chi connectivity index (χ0n) is 19.1. The molecule has 8 heteroatoms. The fraction of sp³-hybridized carbons (Fsp3) is 0.148. The number of amides is 1. The van der Waals surface area contributed by atoms with Gasteiger partial charge in [0.15, 0.2) is 0 Å². The molecule has 1 amide bonds. The Morgan fingerprint density at radius 1 is 1.09 bits per heavy atom. The van der Waals surface area contributed by atoms with Crippen molar-refractivity contribution in [2.75, 3.05) is 5.75 Å². The van der Waals surface area contributed by atoms with Crippen molar-refractivity contribution in [3.63, 3.8) is 0 Å². The van der Waals surface area contributed by atoms with E-state index < -0.39 is 0 Å². The first-order valence-corrected chi connectivity index (χ1v) is 13.5. The first-order valence-electron chi connectivity index (χ1n) is 11.3. The Balaban J connectivity index is 1.50. The van der Waals surface area contributed by atoms with Gasteiger partial charge in [-0.3, -0.25) is 9.69 Å². The normalized spacial score (nSPS) is 14.9. The minimum atomic E-state index is -0.124. The molecule has 2 aromatic carbocycles. The molecule has 5 nitrogen and oxygen atoms in total. The maximum absolute atomic E-state index is 13.2. The maximum atomic E-state index is 13.2. The Morgan fingerprint density at radius 2 is 1.89 bits per heavy atom. The minimum absolute atomic E-state index is 0.124. The van der Waals surface area contributed by atoms with Crippen LogP contribution in [0.15, 0.2) is 93.4 Å². The quantitative estimate of drug-likeness (QED) is 0.142.